The lowest BCUT2D eigenvalue weighted by Crippen LogP contribution is -2.43. The van der Waals surface area contributed by atoms with Crippen molar-refractivity contribution in [3.8, 4) is 5.69 Å². The Morgan fingerprint density at radius 2 is 2.11 bits per heavy atom. The van der Waals surface area contributed by atoms with E-state index < -0.39 is 4.92 Å². The Morgan fingerprint density at radius 3 is 2.81 bits per heavy atom. The standard InChI is InChI=1S/C18H20N4O5/c23-17(20-6-1-2-14(11-20)18-26-8-9-27-18)13-3-4-15(16(10-13)22(24)25)21-7-5-19-12-21/h3-5,7,10,12,14,18H,1-2,6,8-9,11H2. The van der Waals surface area contributed by atoms with Gasteiger partial charge in [-0.1, -0.05) is 0 Å². The number of aromatic nitrogens is 2. The Bertz CT molecular complexity index is 832. The number of likely N-dealkylation sites (tertiary alicyclic amines) is 1. The molecule has 2 saturated heterocycles. The van der Waals surface area contributed by atoms with Crippen molar-refractivity contribution in [3.05, 3.63) is 52.6 Å². The van der Waals surface area contributed by atoms with Crippen LogP contribution >= 0.6 is 0 Å². The number of imidazole rings is 1. The molecule has 2 aliphatic rings. The molecule has 2 aromatic rings. The predicted molar refractivity (Wildman–Crippen MR) is 94.5 cm³/mol. The number of carbonyl (C=O) groups is 1. The summed E-state index contributed by atoms with van der Waals surface area (Å²) in [5.41, 5.74) is 0.549. The van der Waals surface area contributed by atoms with Crippen molar-refractivity contribution in [1.82, 2.24) is 14.5 Å². The van der Waals surface area contributed by atoms with E-state index >= 15 is 0 Å². The van der Waals surface area contributed by atoms with E-state index in [0.717, 1.165) is 12.8 Å². The number of hydrogen-bond donors (Lipinski definition) is 0. The van der Waals surface area contributed by atoms with Crippen LogP contribution in [0.1, 0.15) is 23.2 Å². The second-order valence-electron chi connectivity index (χ2n) is 6.69. The van der Waals surface area contributed by atoms with Gasteiger partial charge in [0.2, 0.25) is 0 Å². The van der Waals surface area contributed by atoms with E-state index in [2.05, 4.69) is 4.98 Å². The lowest BCUT2D eigenvalue weighted by Gasteiger charge is -2.34. The number of benzene rings is 1. The average Bonchev–Trinajstić information content (AvgIpc) is 3.41. The first-order chi connectivity index (χ1) is 13.1. The number of amides is 1. The highest BCUT2D eigenvalue weighted by Crippen LogP contribution is 2.28. The number of nitro groups is 1. The minimum Gasteiger partial charge on any atom is -0.350 e. The van der Waals surface area contributed by atoms with Crippen molar-refractivity contribution < 1.29 is 19.2 Å². The maximum absolute atomic E-state index is 12.9. The van der Waals surface area contributed by atoms with Crippen LogP contribution in [0.3, 0.4) is 0 Å². The largest absolute Gasteiger partial charge is 0.350 e. The monoisotopic (exact) mass is 372 g/mol. The molecule has 0 aliphatic carbocycles. The summed E-state index contributed by atoms with van der Waals surface area (Å²) >= 11 is 0. The minimum atomic E-state index is -0.481. The number of piperidine rings is 1. The highest BCUT2D eigenvalue weighted by molar-refractivity contribution is 5.95. The third kappa shape index (κ3) is 3.56. The van der Waals surface area contributed by atoms with Crippen molar-refractivity contribution in [1.29, 1.82) is 0 Å². The summed E-state index contributed by atoms with van der Waals surface area (Å²) in [6.45, 7) is 2.31. The first-order valence-electron chi connectivity index (χ1n) is 8.93. The van der Waals surface area contributed by atoms with Crippen LogP contribution < -0.4 is 0 Å². The Balaban J connectivity index is 1.56. The molecule has 142 valence electrons. The van der Waals surface area contributed by atoms with Crippen molar-refractivity contribution in [3.63, 3.8) is 0 Å². The van der Waals surface area contributed by atoms with E-state index in [1.807, 2.05) is 0 Å². The lowest BCUT2D eigenvalue weighted by atomic mass is 9.96. The van der Waals surface area contributed by atoms with Gasteiger partial charge < -0.3 is 18.9 Å². The minimum absolute atomic E-state index is 0.130. The molecule has 0 spiro atoms. The third-order valence-corrected chi connectivity index (χ3v) is 4.98. The molecule has 4 rings (SSSR count). The number of carbonyl (C=O) groups excluding carboxylic acids is 1. The Labute approximate surface area is 155 Å². The molecule has 3 heterocycles. The molecule has 9 nitrogen and oxygen atoms in total. The van der Waals surface area contributed by atoms with Crippen LogP contribution in [0.5, 0.6) is 0 Å². The van der Waals surface area contributed by atoms with E-state index in [-0.39, 0.29) is 23.8 Å². The summed E-state index contributed by atoms with van der Waals surface area (Å²) < 4.78 is 12.7. The Morgan fingerprint density at radius 1 is 1.30 bits per heavy atom. The smallest absolute Gasteiger partial charge is 0.294 e. The van der Waals surface area contributed by atoms with Crippen LogP contribution in [0.15, 0.2) is 36.9 Å². The summed E-state index contributed by atoms with van der Waals surface area (Å²) in [7, 11) is 0. The zero-order chi connectivity index (χ0) is 18.8. The molecule has 1 aromatic carbocycles. The number of hydrogen-bond acceptors (Lipinski definition) is 6. The van der Waals surface area contributed by atoms with Crippen LogP contribution in [0.25, 0.3) is 5.69 Å². The second kappa shape index (κ2) is 7.45. The number of nitrogens with zero attached hydrogens (tertiary/aromatic N) is 4. The number of rotatable bonds is 4. The molecule has 9 heteroatoms. The molecular formula is C18H20N4O5. The molecule has 27 heavy (non-hydrogen) atoms. The van der Waals surface area contributed by atoms with Gasteiger partial charge in [0.25, 0.3) is 11.6 Å². The van der Waals surface area contributed by atoms with Gasteiger partial charge in [0.05, 0.1) is 24.5 Å². The number of nitro benzene ring substituents is 1. The summed E-state index contributed by atoms with van der Waals surface area (Å²) in [6.07, 6.45) is 6.19. The van der Waals surface area contributed by atoms with Gasteiger partial charge in [-0.2, -0.15) is 0 Å². The quantitative estimate of drug-likeness (QED) is 0.601. The van der Waals surface area contributed by atoms with E-state index in [9.17, 15) is 14.9 Å². The van der Waals surface area contributed by atoms with Gasteiger partial charge in [-0.25, -0.2) is 4.98 Å². The Hall–Kier alpha value is -2.78. The summed E-state index contributed by atoms with van der Waals surface area (Å²) in [5.74, 6) is -0.0802. The van der Waals surface area contributed by atoms with Crippen molar-refractivity contribution in [2.24, 2.45) is 5.92 Å². The molecule has 2 aliphatic heterocycles. The molecule has 0 radical (unpaired) electrons. The van der Waals surface area contributed by atoms with Crippen molar-refractivity contribution >= 4 is 11.6 Å². The van der Waals surface area contributed by atoms with Gasteiger partial charge in [-0.3, -0.25) is 14.9 Å². The van der Waals surface area contributed by atoms with Crippen LogP contribution in [0.2, 0.25) is 0 Å². The topological polar surface area (TPSA) is 99.7 Å². The van der Waals surface area contributed by atoms with Crippen molar-refractivity contribution in [2.75, 3.05) is 26.3 Å². The van der Waals surface area contributed by atoms with Crippen LogP contribution in [-0.2, 0) is 9.47 Å². The van der Waals surface area contributed by atoms with Gasteiger partial charge in [0.1, 0.15) is 5.69 Å². The lowest BCUT2D eigenvalue weighted by molar-refractivity contribution is -0.384. The van der Waals surface area contributed by atoms with Crippen LogP contribution in [-0.4, -0.2) is 57.9 Å². The SMILES string of the molecule is O=C(c1ccc(-n2ccnc2)c([N+](=O)[O-])c1)N1CCCC(C2OCCO2)C1. The molecule has 1 unspecified atom stereocenters. The molecule has 2 fully saturated rings. The van der Waals surface area contributed by atoms with E-state index in [4.69, 9.17) is 9.47 Å². The van der Waals surface area contributed by atoms with Gasteiger partial charge in [0.15, 0.2) is 6.29 Å². The Kier molecular flexibility index (Phi) is 4.87. The normalized spacial score (nSPS) is 20.7. The molecular weight excluding hydrogens is 352 g/mol. The van der Waals surface area contributed by atoms with Crippen LogP contribution in [0.4, 0.5) is 5.69 Å². The predicted octanol–water partition coefficient (Wildman–Crippen LogP) is 2.01. The second-order valence-corrected chi connectivity index (χ2v) is 6.69. The molecule has 1 aromatic heterocycles. The maximum Gasteiger partial charge on any atom is 0.294 e. The molecule has 0 saturated carbocycles. The van der Waals surface area contributed by atoms with E-state index in [1.165, 1.54) is 12.4 Å². The summed E-state index contributed by atoms with van der Waals surface area (Å²) in [6, 6.07) is 4.54. The maximum atomic E-state index is 12.9. The fraction of sp³-hybridized carbons (Fsp3) is 0.444. The van der Waals surface area contributed by atoms with E-state index in [1.54, 1.807) is 34.0 Å². The molecule has 1 amide bonds. The molecule has 0 N–H and O–H groups in total. The summed E-state index contributed by atoms with van der Waals surface area (Å²) in [5, 5.41) is 11.5. The van der Waals surface area contributed by atoms with Gasteiger partial charge in [-0.05, 0) is 25.0 Å². The molecule has 1 atom stereocenters. The molecule has 0 bridgehead atoms. The zero-order valence-corrected chi connectivity index (χ0v) is 14.7. The summed E-state index contributed by atoms with van der Waals surface area (Å²) in [4.78, 5) is 29.6. The average molecular weight is 372 g/mol. The fourth-order valence-corrected chi connectivity index (χ4v) is 3.67. The van der Waals surface area contributed by atoms with Gasteiger partial charge in [0, 0.05) is 43.0 Å². The zero-order valence-electron chi connectivity index (χ0n) is 14.7. The fourth-order valence-electron chi connectivity index (χ4n) is 3.67. The first-order valence-corrected chi connectivity index (χ1v) is 8.93. The third-order valence-electron chi connectivity index (χ3n) is 4.98. The highest BCUT2D eigenvalue weighted by atomic mass is 16.7. The van der Waals surface area contributed by atoms with E-state index in [0.29, 0.717) is 37.6 Å². The first kappa shape index (κ1) is 17.6. The van der Waals surface area contributed by atoms with Crippen LogP contribution in [0, 0.1) is 16.0 Å². The van der Waals surface area contributed by atoms with Gasteiger partial charge in [-0.15, -0.1) is 0 Å². The van der Waals surface area contributed by atoms with Crippen molar-refractivity contribution in [2.45, 2.75) is 19.1 Å². The number of ether oxygens (including phenoxy) is 2. The van der Waals surface area contributed by atoms with Gasteiger partial charge >= 0.3 is 0 Å². The highest BCUT2D eigenvalue weighted by Gasteiger charge is 2.33.